The van der Waals surface area contributed by atoms with Gasteiger partial charge in [0.2, 0.25) is 0 Å². The van der Waals surface area contributed by atoms with Crippen molar-refractivity contribution >= 4 is 22.6 Å². The van der Waals surface area contributed by atoms with Crippen LogP contribution in [0.15, 0.2) is 42.5 Å². The SMILES string of the molecule is Cc1cccc(OCc2nc3cc(Cl)ccc3n2CC2CCCO2)c1. The smallest absolute Gasteiger partial charge is 0.148 e. The highest BCUT2D eigenvalue weighted by Gasteiger charge is 2.20. The third-order valence-electron chi connectivity index (χ3n) is 4.56. The summed E-state index contributed by atoms with van der Waals surface area (Å²) in [7, 11) is 0. The molecule has 1 saturated heterocycles. The molecule has 0 aliphatic carbocycles. The third kappa shape index (κ3) is 3.65. The highest BCUT2D eigenvalue weighted by atomic mass is 35.5. The molecule has 25 heavy (non-hydrogen) atoms. The molecule has 0 spiro atoms. The van der Waals surface area contributed by atoms with Gasteiger partial charge < -0.3 is 14.0 Å². The molecule has 1 fully saturated rings. The highest BCUT2D eigenvalue weighted by molar-refractivity contribution is 6.31. The molecular weight excluding hydrogens is 336 g/mol. The number of fused-ring (bicyclic) bond motifs is 1. The van der Waals surface area contributed by atoms with E-state index in [0.717, 1.165) is 48.6 Å². The Morgan fingerprint density at radius 3 is 3.00 bits per heavy atom. The summed E-state index contributed by atoms with van der Waals surface area (Å²) < 4.78 is 14.0. The summed E-state index contributed by atoms with van der Waals surface area (Å²) in [5.74, 6) is 1.75. The predicted molar refractivity (Wildman–Crippen MR) is 99.2 cm³/mol. The molecule has 0 N–H and O–H groups in total. The Bertz CT molecular complexity index is 885. The number of halogens is 1. The van der Waals surface area contributed by atoms with Gasteiger partial charge >= 0.3 is 0 Å². The maximum Gasteiger partial charge on any atom is 0.148 e. The molecule has 4 nitrogen and oxygen atoms in total. The summed E-state index contributed by atoms with van der Waals surface area (Å²) in [5, 5.41) is 0.695. The van der Waals surface area contributed by atoms with Crippen LogP contribution in [-0.4, -0.2) is 22.3 Å². The van der Waals surface area contributed by atoms with Crippen molar-refractivity contribution in [1.29, 1.82) is 0 Å². The van der Waals surface area contributed by atoms with Crippen LogP contribution < -0.4 is 4.74 Å². The molecule has 1 aliphatic rings. The molecular formula is C20H21ClN2O2. The fourth-order valence-electron chi connectivity index (χ4n) is 3.31. The minimum atomic E-state index is 0.241. The molecule has 2 aromatic carbocycles. The number of ether oxygens (including phenoxy) is 2. The van der Waals surface area contributed by atoms with Gasteiger partial charge in [0.25, 0.3) is 0 Å². The van der Waals surface area contributed by atoms with E-state index in [4.69, 9.17) is 26.1 Å². The molecule has 1 aliphatic heterocycles. The first-order valence-corrected chi connectivity index (χ1v) is 9.02. The average Bonchev–Trinajstić information content (AvgIpc) is 3.21. The van der Waals surface area contributed by atoms with E-state index in [1.807, 2.05) is 36.4 Å². The van der Waals surface area contributed by atoms with Crippen molar-refractivity contribution in [2.24, 2.45) is 0 Å². The predicted octanol–water partition coefficient (Wildman–Crippen LogP) is 4.76. The van der Waals surface area contributed by atoms with Gasteiger partial charge in [-0.3, -0.25) is 0 Å². The van der Waals surface area contributed by atoms with Crippen LogP contribution in [0.1, 0.15) is 24.2 Å². The largest absolute Gasteiger partial charge is 0.486 e. The number of aryl methyl sites for hydroxylation is 1. The fraction of sp³-hybridized carbons (Fsp3) is 0.350. The lowest BCUT2D eigenvalue weighted by Gasteiger charge is -2.14. The van der Waals surface area contributed by atoms with Crippen molar-refractivity contribution in [2.45, 2.75) is 39.0 Å². The van der Waals surface area contributed by atoms with Crippen LogP contribution in [0, 0.1) is 6.92 Å². The van der Waals surface area contributed by atoms with Crippen molar-refractivity contribution in [1.82, 2.24) is 9.55 Å². The summed E-state index contributed by atoms with van der Waals surface area (Å²) in [6.45, 7) is 4.12. The van der Waals surface area contributed by atoms with Crippen LogP contribution in [-0.2, 0) is 17.9 Å². The lowest BCUT2D eigenvalue weighted by atomic mass is 10.2. The lowest BCUT2D eigenvalue weighted by molar-refractivity contribution is 0.0963. The van der Waals surface area contributed by atoms with E-state index in [0.29, 0.717) is 11.6 Å². The van der Waals surface area contributed by atoms with Gasteiger partial charge in [-0.1, -0.05) is 23.7 Å². The minimum absolute atomic E-state index is 0.241. The quantitative estimate of drug-likeness (QED) is 0.661. The topological polar surface area (TPSA) is 36.3 Å². The summed E-state index contributed by atoms with van der Waals surface area (Å²) >= 11 is 6.14. The molecule has 2 heterocycles. The summed E-state index contributed by atoms with van der Waals surface area (Å²) in [4.78, 5) is 4.75. The molecule has 0 radical (unpaired) electrons. The zero-order chi connectivity index (χ0) is 17.2. The second kappa shape index (κ2) is 7.06. The van der Waals surface area contributed by atoms with Gasteiger partial charge in [0.1, 0.15) is 18.2 Å². The zero-order valence-electron chi connectivity index (χ0n) is 14.2. The van der Waals surface area contributed by atoms with E-state index in [9.17, 15) is 0 Å². The number of nitrogens with zero attached hydrogens (tertiary/aromatic N) is 2. The Morgan fingerprint density at radius 1 is 1.28 bits per heavy atom. The number of aromatic nitrogens is 2. The standard InChI is InChI=1S/C20H21ClN2O2/c1-14-4-2-5-16(10-14)25-13-20-22-18-11-15(21)7-8-19(18)23(20)12-17-6-3-9-24-17/h2,4-5,7-8,10-11,17H,3,6,9,12-13H2,1H3. The Morgan fingerprint density at radius 2 is 2.20 bits per heavy atom. The molecule has 0 bridgehead atoms. The van der Waals surface area contributed by atoms with Gasteiger partial charge in [-0.05, 0) is 55.7 Å². The molecule has 4 rings (SSSR count). The van der Waals surface area contributed by atoms with Gasteiger partial charge in [-0.2, -0.15) is 0 Å². The molecule has 5 heteroatoms. The van der Waals surface area contributed by atoms with E-state index in [1.54, 1.807) is 0 Å². The molecule has 1 aromatic heterocycles. The van der Waals surface area contributed by atoms with Crippen molar-refractivity contribution in [3.63, 3.8) is 0 Å². The maximum absolute atomic E-state index is 6.14. The monoisotopic (exact) mass is 356 g/mol. The Hall–Kier alpha value is -2.04. The molecule has 0 amide bonds. The van der Waals surface area contributed by atoms with Gasteiger partial charge in [0, 0.05) is 11.6 Å². The number of hydrogen-bond acceptors (Lipinski definition) is 3. The number of rotatable bonds is 5. The van der Waals surface area contributed by atoms with Gasteiger partial charge in [-0.15, -0.1) is 0 Å². The van der Waals surface area contributed by atoms with E-state index in [-0.39, 0.29) is 6.10 Å². The second-order valence-electron chi connectivity index (χ2n) is 6.51. The summed E-state index contributed by atoms with van der Waals surface area (Å²) in [5.41, 5.74) is 3.15. The molecule has 1 atom stereocenters. The van der Waals surface area contributed by atoms with Crippen molar-refractivity contribution in [2.75, 3.05) is 6.61 Å². The molecule has 0 saturated carbocycles. The molecule has 1 unspecified atom stereocenters. The highest BCUT2D eigenvalue weighted by Crippen LogP contribution is 2.24. The van der Waals surface area contributed by atoms with Crippen LogP contribution in [0.5, 0.6) is 5.75 Å². The van der Waals surface area contributed by atoms with Gasteiger partial charge in [0.05, 0.1) is 23.7 Å². The van der Waals surface area contributed by atoms with E-state index >= 15 is 0 Å². The maximum atomic E-state index is 6.14. The second-order valence-corrected chi connectivity index (χ2v) is 6.95. The Labute approximate surface area is 152 Å². The first-order chi connectivity index (χ1) is 12.2. The number of benzene rings is 2. The lowest BCUT2D eigenvalue weighted by Crippen LogP contribution is -2.18. The van der Waals surface area contributed by atoms with Crippen molar-refractivity contribution in [3.05, 3.63) is 58.9 Å². The fourth-order valence-corrected chi connectivity index (χ4v) is 3.48. The van der Waals surface area contributed by atoms with Crippen LogP contribution >= 0.6 is 11.6 Å². The van der Waals surface area contributed by atoms with E-state index in [1.165, 1.54) is 5.56 Å². The van der Waals surface area contributed by atoms with Crippen LogP contribution in [0.25, 0.3) is 11.0 Å². The number of hydrogen-bond donors (Lipinski definition) is 0. The van der Waals surface area contributed by atoms with Crippen molar-refractivity contribution in [3.8, 4) is 5.75 Å². The molecule has 130 valence electrons. The zero-order valence-corrected chi connectivity index (χ0v) is 15.0. The first-order valence-electron chi connectivity index (χ1n) is 8.65. The minimum Gasteiger partial charge on any atom is -0.486 e. The number of imidazole rings is 1. The summed E-state index contributed by atoms with van der Waals surface area (Å²) in [6.07, 6.45) is 2.45. The van der Waals surface area contributed by atoms with Crippen LogP contribution in [0.2, 0.25) is 5.02 Å². The van der Waals surface area contributed by atoms with Gasteiger partial charge in [-0.25, -0.2) is 4.98 Å². The van der Waals surface area contributed by atoms with Crippen LogP contribution in [0.3, 0.4) is 0 Å². The Kier molecular flexibility index (Phi) is 4.64. The summed E-state index contributed by atoms with van der Waals surface area (Å²) in [6, 6.07) is 13.9. The van der Waals surface area contributed by atoms with Gasteiger partial charge in [0.15, 0.2) is 0 Å². The van der Waals surface area contributed by atoms with Crippen LogP contribution in [0.4, 0.5) is 0 Å². The first kappa shape index (κ1) is 16.4. The Balaban J connectivity index is 1.63. The normalized spacial score (nSPS) is 17.3. The molecule has 3 aromatic rings. The average molecular weight is 357 g/mol. The van der Waals surface area contributed by atoms with Crippen molar-refractivity contribution < 1.29 is 9.47 Å². The van der Waals surface area contributed by atoms with E-state index in [2.05, 4.69) is 17.6 Å². The van der Waals surface area contributed by atoms with E-state index < -0.39 is 0 Å². The third-order valence-corrected chi connectivity index (χ3v) is 4.79.